The number of aliphatic hydroxyl groups is 2. The van der Waals surface area contributed by atoms with E-state index in [2.05, 4.69) is 24.5 Å². The lowest BCUT2D eigenvalue weighted by Gasteiger charge is -2.16. The van der Waals surface area contributed by atoms with Crippen LogP contribution in [0.1, 0.15) is 11.8 Å². The number of benzene rings is 1. The smallest absolute Gasteiger partial charge is 0.333 e. The minimum absolute atomic E-state index is 0.366. The van der Waals surface area contributed by atoms with Gasteiger partial charge in [-0.2, -0.15) is 8.42 Å². The molecule has 1 saturated heterocycles. The molecule has 0 bridgehead atoms. The summed E-state index contributed by atoms with van der Waals surface area (Å²) in [5.41, 5.74) is 1.87. The summed E-state index contributed by atoms with van der Waals surface area (Å²) < 4.78 is 33.5. The summed E-state index contributed by atoms with van der Waals surface area (Å²) in [6.45, 7) is -0.0207. The Morgan fingerprint density at radius 1 is 1.17 bits per heavy atom. The van der Waals surface area contributed by atoms with Crippen molar-refractivity contribution in [2.45, 2.75) is 31.1 Å². The quantitative estimate of drug-likeness (QED) is 0.370. The van der Waals surface area contributed by atoms with Crippen LogP contribution in [0.2, 0.25) is 0 Å². The molecule has 5 N–H and O–H groups in total. The lowest BCUT2D eigenvalue weighted by atomic mass is 10.1. The molecule has 2 aromatic heterocycles. The van der Waals surface area contributed by atoms with Crippen molar-refractivity contribution in [3.63, 3.8) is 0 Å². The number of aromatic nitrogens is 4. The van der Waals surface area contributed by atoms with Gasteiger partial charge in [0.05, 0.1) is 12.9 Å². The molecule has 4 rings (SSSR count). The summed E-state index contributed by atoms with van der Waals surface area (Å²) in [6, 6.07) is 9.73. The number of aliphatic hydroxyl groups excluding tert-OH is 2. The van der Waals surface area contributed by atoms with E-state index in [9.17, 15) is 18.6 Å². The molecule has 3 heterocycles. The van der Waals surface area contributed by atoms with Gasteiger partial charge in [0.25, 0.3) is 0 Å². The van der Waals surface area contributed by atoms with Gasteiger partial charge in [0.2, 0.25) is 0 Å². The number of ether oxygens (including phenoxy) is 1. The maximum atomic E-state index is 11.0. The van der Waals surface area contributed by atoms with Crippen molar-refractivity contribution in [2.24, 2.45) is 5.14 Å². The Kier molecular flexibility index (Phi) is 5.64. The Labute approximate surface area is 171 Å². The number of hydrogen-bond acceptors (Lipinski definition) is 10. The number of nitrogens with one attached hydrogen (secondary N) is 1. The predicted molar refractivity (Wildman–Crippen MR) is 104 cm³/mol. The molecule has 0 saturated carbocycles. The molecule has 0 amide bonds. The van der Waals surface area contributed by atoms with Gasteiger partial charge in [-0.25, -0.2) is 20.1 Å². The average molecular weight is 436 g/mol. The highest BCUT2D eigenvalue weighted by Crippen LogP contribution is 2.32. The highest BCUT2D eigenvalue weighted by molar-refractivity contribution is 7.84. The molecule has 1 aliphatic rings. The van der Waals surface area contributed by atoms with E-state index in [1.807, 2.05) is 30.3 Å². The molecule has 0 unspecified atom stereocenters. The van der Waals surface area contributed by atoms with Crippen LogP contribution in [0.4, 0.5) is 5.82 Å². The number of hydrogen-bond donors (Lipinski definition) is 4. The largest absolute Gasteiger partial charge is 0.387 e. The predicted octanol–water partition coefficient (Wildman–Crippen LogP) is -0.722. The van der Waals surface area contributed by atoms with Crippen molar-refractivity contribution in [1.29, 1.82) is 0 Å². The first-order valence-electron chi connectivity index (χ1n) is 8.97. The molecule has 1 aromatic carbocycles. The maximum Gasteiger partial charge on any atom is 0.333 e. The standard InChI is InChI=1S/C17H20N6O6S/c18-30(26,27)28-7-11-13(24)14(25)17(29-11)23-9-22-12-15(20-8-21-16(12)23)19-6-10-4-2-1-3-5-10/h1-5,8-9,11,13-14,17,24-25H,6-7H2,(H2,18,26,27)(H,19,20,21)/t11-,13-,14-,17-/m1/s1. The third-order valence-corrected chi connectivity index (χ3v) is 5.13. The summed E-state index contributed by atoms with van der Waals surface area (Å²) in [5.74, 6) is 0.491. The fourth-order valence-electron chi connectivity index (χ4n) is 3.21. The summed E-state index contributed by atoms with van der Waals surface area (Å²) in [7, 11) is -4.21. The molecule has 160 valence electrons. The van der Waals surface area contributed by atoms with Crippen molar-refractivity contribution < 1.29 is 27.6 Å². The van der Waals surface area contributed by atoms with Crippen LogP contribution >= 0.6 is 0 Å². The number of anilines is 1. The highest BCUT2D eigenvalue weighted by Gasteiger charge is 2.44. The van der Waals surface area contributed by atoms with Gasteiger partial charge in [0, 0.05) is 6.54 Å². The third-order valence-electron chi connectivity index (χ3n) is 4.67. The SMILES string of the molecule is NS(=O)(=O)OC[C@H]1O[C@@H](n2cnc3c(NCc4ccccc4)ncnc32)[C@H](O)[C@@H]1O. The lowest BCUT2D eigenvalue weighted by molar-refractivity contribution is -0.0467. The van der Waals surface area contributed by atoms with Crippen LogP contribution in [0.3, 0.4) is 0 Å². The van der Waals surface area contributed by atoms with Crippen molar-refractivity contribution in [3.8, 4) is 0 Å². The van der Waals surface area contributed by atoms with Crippen LogP contribution in [0.5, 0.6) is 0 Å². The molecule has 0 spiro atoms. The molecule has 0 radical (unpaired) electrons. The molecule has 0 aliphatic carbocycles. The number of fused-ring (bicyclic) bond motifs is 1. The Hall–Kier alpha value is -2.68. The number of nitrogens with two attached hydrogens (primary N) is 1. The van der Waals surface area contributed by atoms with Crippen LogP contribution < -0.4 is 10.5 Å². The van der Waals surface area contributed by atoms with Crippen LogP contribution in [-0.4, -0.2) is 63.1 Å². The van der Waals surface area contributed by atoms with Gasteiger partial charge in [-0.05, 0) is 5.56 Å². The van der Waals surface area contributed by atoms with Crippen molar-refractivity contribution in [3.05, 3.63) is 48.5 Å². The van der Waals surface area contributed by atoms with Gasteiger partial charge in [0.1, 0.15) is 24.6 Å². The Balaban J connectivity index is 1.55. The molecule has 4 atom stereocenters. The Bertz CT molecular complexity index is 1120. The highest BCUT2D eigenvalue weighted by atomic mass is 32.2. The second-order valence-corrected chi connectivity index (χ2v) is 7.93. The van der Waals surface area contributed by atoms with E-state index in [-0.39, 0.29) is 0 Å². The third kappa shape index (κ3) is 4.26. The van der Waals surface area contributed by atoms with E-state index in [1.165, 1.54) is 17.2 Å². The zero-order valence-corrected chi connectivity index (χ0v) is 16.4. The van der Waals surface area contributed by atoms with E-state index < -0.39 is 41.5 Å². The maximum absolute atomic E-state index is 11.0. The molecule has 12 nitrogen and oxygen atoms in total. The van der Waals surface area contributed by atoms with Gasteiger partial charge < -0.3 is 20.3 Å². The van der Waals surface area contributed by atoms with E-state index in [4.69, 9.17) is 9.88 Å². The second-order valence-electron chi connectivity index (χ2n) is 6.71. The summed E-state index contributed by atoms with van der Waals surface area (Å²) in [5, 5.41) is 28.6. The van der Waals surface area contributed by atoms with Crippen LogP contribution in [-0.2, 0) is 25.8 Å². The summed E-state index contributed by atoms with van der Waals surface area (Å²) in [4.78, 5) is 12.7. The van der Waals surface area contributed by atoms with Crippen LogP contribution in [0.25, 0.3) is 11.2 Å². The van der Waals surface area contributed by atoms with Gasteiger partial charge in [-0.15, -0.1) is 0 Å². The fourth-order valence-corrected chi connectivity index (χ4v) is 3.53. The normalized spacial score (nSPS) is 24.4. The second kappa shape index (κ2) is 8.22. The number of nitrogens with zero attached hydrogens (tertiary/aromatic N) is 4. The first-order chi connectivity index (χ1) is 14.3. The van der Waals surface area contributed by atoms with Crippen molar-refractivity contribution >= 4 is 27.3 Å². The first-order valence-corrected chi connectivity index (χ1v) is 10.4. The minimum Gasteiger partial charge on any atom is -0.387 e. The van der Waals surface area contributed by atoms with Gasteiger partial charge in [-0.1, -0.05) is 30.3 Å². The van der Waals surface area contributed by atoms with Gasteiger partial charge >= 0.3 is 10.3 Å². The first kappa shape index (κ1) is 20.6. The fraction of sp³-hybridized carbons (Fsp3) is 0.353. The molecular formula is C17H20N6O6S. The van der Waals surface area contributed by atoms with Crippen molar-refractivity contribution in [2.75, 3.05) is 11.9 Å². The lowest BCUT2D eigenvalue weighted by Crippen LogP contribution is -2.35. The molecular weight excluding hydrogens is 416 g/mol. The minimum atomic E-state index is -4.21. The molecule has 3 aromatic rings. The summed E-state index contributed by atoms with van der Waals surface area (Å²) in [6.07, 6.45) is -2.20. The zero-order chi connectivity index (χ0) is 21.3. The Morgan fingerprint density at radius 3 is 2.67 bits per heavy atom. The molecule has 13 heteroatoms. The zero-order valence-electron chi connectivity index (χ0n) is 15.6. The molecule has 1 aliphatic heterocycles. The van der Waals surface area contributed by atoms with E-state index >= 15 is 0 Å². The van der Waals surface area contributed by atoms with Crippen molar-refractivity contribution in [1.82, 2.24) is 19.5 Å². The van der Waals surface area contributed by atoms with E-state index in [0.717, 1.165) is 5.56 Å². The van der Waals surface area contributed by atoms with E-state index in [0.29, 0.717) is 23.5 Å². The topological polar surface area (TPSA) is 175 Å². The molecule has 30 heavy (non-hydrogen) atoms. The molecule has 1 fully saturated rings. The number of imidazole rings is 1. The number of rotatable bonds is 7. The van der Waals surface area contributed by atoms with Gasteiger partial charge in [-0.3, -0.25) is 8.75 Å². The van der Waals surface area contributed by atoms with Gasteiger partial charge in [0.15, 0.2) is 23.2 Å². The summed E-state index contributed by atoms with van der Waals surface area (Å²) >= 11 is 0. The van der Waals surface area contributed by atoms with Crippen LogP contribution in [0.15, 0.2) is 43.0 Å². The monoisotopic (exact) mass is 436 g/mol. The van der Waals surface area contributed by atoms with E-state index in [1.54, 1.807) is 0 Å². The Morgan fingerprint density at radius 2 is 1.93 bits per heavy atom. The van der Waals surface area contributed by atoms with Crippen LogP contribution in [0, 0.1) is 0 Å². The average Bonchev–Trinajstić information content (AvgIpc) is 3.27.